The van der Waals surface area contributed by atoms with Crippen molar-refractivity contribution < 1.29 is 52.2 Å². The van der Waals surface area contributed by atoms with Crippen LogP contribution >= 0.6 is 0 Å². The van der Waals surface area contributed by atoms with Crippen LogP contribution < -0.4 is 0 Å². The van der Waals surface area contributed by atoms with E-state index in [4.69, 9.17) is 42.6 Å². The summed E-state index contributed by atoms with van der Waals surface area (Å²) in [7, 11) is 0. The van der Waals surface area contributed by atoms with Gasteiger partial charge in [0, 0.05) is 38.6 Å². The van der Waals surface area contributed by atoms with Crippen molar-refractivity contribution >= 4 is 11.9 Å². The van der Waals surface area contributed by atoms with E-state index < -0.39 is 43.0 Å². The van der Waals surface area contributed by atoms with Crippen molar-refractivity contribution in [3.05, 3.63) is 36.0 Å². The van der Waals surface area contributed by atoms with Crippen molar-refractivity contribution in [2.75, 3.05) is 19.8 Å². The molecule has 0 aromatic heterocycles. The molecular formula is C42H72O11. The minimum atomic E-state index is -0.706. The largest absolute Gasteiger partial charge is 0.457 e. The summed E-state index contributed by atoms with van der Waals surface area (Å²) in [5.41, 5.74) is 0.881. The van der Waals surface area contributed by atoms with E-state index in [0.29, 0.717) is 26.2 Å². The molecule has 306 valence electrons. The van der Waals surface area contributed by atoms with Gasteiger partial charge in [0.25, 0.3) is 0 Å². The molecule has 1 saturated heterocycles. The maximum absolute atomic E-state index is 13.6. The van der Waals surface area contributed by atoms with Gasteiger partial charge in [0.05, 0.1) is 30.8 Å². The molecule has 0 radical (unpaired) electrons. The summed E-state index contributed by atoms with van der Waals surface area (Å²) in [6.45, 7) is 26.7. The standard InChI is InChI=1S/C42H72O11/c1-14-36(50-33(12)46-16-3)30(9)42-38(52-42)23-26(5)19-18-20-27(6)40-28(7)21-22-37(48-31(10)43)41(51-34(13)47-17-4)29(8)24-35(25-39(44)53-40)49-32(11)45-15-2/h18-22,26,28-30,32-38,40-42H,14-17,23-25H2,1-13H3. The van der Waals surface area contributed by atoms with Crippen molar-refractivity contribution in [1.82, 2.24) is 0 Å². The fourth-order valence-corrected chi connectivity index (χ4v) is 7.16. The van der Waals surface area contributed by atoms with Crippen LogP contribution in [0.25, 0.3) is 0 Å². The van der Waals surface area contributed by atoms with Gasteiger partial charge in [0.1, 0.15) is 18.3 Å². The highest BCUT2D eigenvalue weighted by molar-refractivity contribution is 5.70. The summed E-state index contributed by atoms with van der Waals surface area (Å²) in [4.78, 5) is 25.9. The molecule has 14 atom stereocenters. The van der Waals surface area contributed by atoms with Crippen LogP contribution in [-0.4, -0.2) is 93.4 Å². The molecule has 0 aromatic carbocycles. The third-order valence-electron chi connectivity index (χ3n) is 9.84. The Labute approximate surface area is 320 Å². The van der Waals surface area contributed by atoms with Gasteiger partial charge < -0.3 is 42.6 Å². The van der Waals surface area contributed by atoms with Crippen LogP contribution in [0, 0.1) is 23.7 Å². The van der Waals surface area contributed by atoms with Crippen LogP contribution in [0.3, 0.4) is 0 Å². The molecule has 2 aliphatic heterocycles. The Kier molecular flexibility index (Phi) is 21.7. The van der Waals surface area contributed by atoms with Crippen LogP contribution in [0.1, 0.15) is 116 Å². The lowest BCUT2D eigenvalue weighted by atomic mass is 9.90. The molecule has 0 aliphatic carbocycles. The lowest BCUT2D eigenvalue weighted by Gasteiger charge is -2.35. The molecule has 0 N–H and O–H groups in total. The Balaban J connectivity index is 2.28. The molecule has 0 spiro atoms. The van der Waals surface area contributed by atoms with Gasteiger partial charge in [-0.05, 0) is 91.2 Å². The Hall–Kier alpha value is -2.12. The van der Waals surface area contributed by atoms with Gasteiger partial charge >= 0.3 is 11.9 Å². The van der Waals surface area contributed by atoms with Crippen LogP contribution in [0.2, 0.25) is 0 Å². The fourth-order valence-electron chi connectivity index (χ4n) is 7.16. The predicted molar refractivity (Wildman–Crippen MR) is 205 cm³/mol. The third-order valence-corrected chi connectivity index (χ3v) is 9.84. The van der Waals surface area contributed by atoms with E-state index >= 15 is 0 Å². The molecule has 0 bridgehead atoms. The lowest BCUT2D eigenvalue weighted by molar-refractivity contribution is -0.205. The summed E-state index contributed by atoms with van der Waals surface area (Å²) < 4.78 is 53.9. The number of hydrogen-bond donors (Lipinski definition) is 0. The van der Waals surface area contributed by atoms with Crippen LogP contribution in [0.15, 0.2) is 36.0 Å². The quantitative estimate of drug-likeness (QED) is 0.0372. The number of allylic oxidation sites excluding steroid dienone is 3. The van der Waals surface area contributed by atoms with E-state index in [0.717, 1.165) is 18.4 Å². The van der Waals surface area contributed by atoms with Crippen molar-refractivity contribution in [2.24, 2.45) is 23.7 Å². The zero-order valence-corrected chi connectivity index (χ0v) is 34.9. The number of rotatable bonds is 21. The average molecular weight is 753 g/mol. The van der Waals surface area contributed by atoms with Crippen LogP contribution in [-0.2, 0) is 52.2 Å². The zero-order valence-electron chi connectivity index (χ0n) is 34.9. The Morgan fingerprint density at radius 1 is 0.906 bits per heavy atom. The van der Waals surface area contributed by atoms with Gasteiger partial charge in [0.2, 0.25) is 0 Å². The molecule has 1 fully saturated rings. The van der Waals surface area contributed by atoms with Gasteiger partial charge in [-0.25, -0.2) is 0 Å². The highest BCUT2D eigenvalue weighted by atomic mass is 16.7. The molecular weight excluding hydrogens is 680 g/mol. The maximum Gasteiger partial charge on any atom is 0.309 e. The second-order valence-corrected chi connectivity index (χ2v) is 14.7. The monoisotopic (exact) mass is 753 g/mol. The Bertz CT molecular complexity index is 1150. The molecule has 11 nitrogen and oxygen atoms in total. The van der Waals surface area contributed by atoms with Gasteiger partial charge in [-0.3, -0.25) is 9.59 Å². The molecule has 0 amide bonds. The first-order valence-corrected chi connectivity index (χ1v) is 20.0. The molecule has 14 unspecified atom stereocenters. The summed E-state index contributed by atoms with van der Waals surface area (Å²) in [6, 6.07) is 0. The van der Waals surface area contributed by atoms with E-state index in [1.165, 1.54) is 6.92 Å². The van der Waals surface area contributed by atoms with Gasteiger partial charge in [-0.1, -0.05) is 58.9 Å². The highest BCUT2D eigenvalue weighted by Gasteiger charge is 2.46. The molecule has 2 rings (SSSR count). The van der Waals surface area contributed by atoms with E-state index in [1.807, 2.05) is 86.6 Å². The van der Waals surface area contributed by atoms with Crippen molar-refractivity contribution in [3.63, 3.8) is 0 Å². The van der Waals surface area contributed by atoms with Crippen LogP contribution in [0.4, 0.5) is 0 Å². The molecule has 2 heterocycles. The lowest BCUT2D eigenvalue weighted by Crippen LogP contribution is -2.42. The van der Waals surface area contributed by atoms with Gasteiger partial charge in [-0.2, -0.15) is 0 Å². The number of cyclic esters (lactones) is 1. The summed E-state index contributed by atoms with van der Waals surface area (Å²) >= 11 is 0. The molecule has 11 heteroatoms. The Morgan fingerprint density at radius 3 is 2.13 bits per heavy atom. The molecule has 53 heavy (non-hydrogen) atoms. The predicted octanol–water partition coefficient (Wildman–Crippen LogP) is 8.10. The van der Waals surface area contributed by atoms with E-state index in [-0.39, 0.29) is 60.7 Å². The molecule has 0 saturated carbocycles. The van der Waals surface area contributed by atoms with Crippen LogP contribution in [0.5, 0.6) is 0 Å². The van der Waals surface area contributed by atoms with E-state index in [1.54, 1.807) is 0 Å². The first-order valence-electron chi connectivity index (χ1n) is 20.0. The third kappa shape index (κ3) is 17.1. The Morgan fingerprint density at radius 2 is 1.53 bits per heavy atom. The highest BCUT2D eigenvalue weighted by Crippen LogP contribution is 2.38. The fraction of sp³-hybridized carbons (Fsp3) is 0.810. The molecule has 2 aliphatic rings. The number of esters is 2. The van der Waals surface area contributed by atoms with E-state index in [2.05, 4.69) is 26.8 Å². The smallest absolute Gasteiger partial charge is 0.309 e. The van der Waals surface area contributed by atoms with Gasteiger partial charge in [-0.15, -0.1) is 0 Å². The number of carbonyl (C=O) groups is 2. The first-order chi connectivity index (χ1) is 25.1. The summed E-state index contributed by atoms with van der Waals surface area (Å²) in [5, 5.41) is 0. The number of hydrogen-bond acceptors (Lipinski definition) is 11. The summed E-state index contributed by atoms with van der Waals surface area (Å²) in [5.74, 6) is -0.692. The second kappa shape index (κ2) is 24.4. The SMILES string of the molecule is CCOC(C)OC1CC(=O)OC(C(C)=CC=CC(C)CC2OC2C(C)C(CC)OC(C)OCC)C(C)C=CC(OC(C)=O)C(OC(C)OCC)C(C)C1. The average Bonchev–Trinajstić information content (AvgIpc) is 3.84. The topological polar surface area (TPSA) is 121 Å². The second-order valence-electron chi connectivity index (χ2n) is 14.7. The zero-order chi connectivity index (χ0) is 39.7. The molecule has 0 aromatic rings. The van der Waals surface area contributed by atoms with Gasteiger partial charge in [0.15, 0.2) is 18.9 Å². The first kappa shape index (κ1) is 47.0. The number of ether oxygens (including phenoxy) is 9. The van der Waals surface area contributed by atoms with Crippen molar-refractivity contribution in [1.29, 1.82) is 0 Å². The normalized spacial score (nSPS) is 30.7. The maximum atomic E-state index is 13.6. The van der Waals surface area contributed by atoms with Crippen molar-refractivity contribution in [2.45, 2.75) is 177 Å². The minimum Gasteiger partial charge on any atom is -0.457 e. The summed E-state index contributed by atoms with van der Waals surface area (Å²) in [6.07, 6.45) is 8.97. The minimum absolute atomic E-state index is 0.0241. The number of epoxide rings is 1. The number of carbonyl (C=O) groups excluding carboxylic acids is 2. The van der Waals surface area contributed by atoms with Crippen molar-refractivity contribution in [3.8, 4) is 0 Å². The van der Waals surface area contributed by atoms with E-state index in [9.17, 15) is 9.59 Å².